The van der Waals surface area contributed by atoms with E-state index in [0.717, 1.165) is 35.6 Å². The van der Waals surface area contributed by atoms with E-state index in [0.29, 0.717) is 6.04 Å². The van der Waals surface area contributed by atoms with Crippen molar-refractivity contribution in [3.8, 4) is 11.1 Å². The minimum atomic E-state index is 0.560. The Morgan fingerprint density at radius 1 is 0.929 bits per heavy atom. The summed E-state index contributed by atoms with van der Waals surface area (Å²) < 4.78 is 5.37. The van der Waals surface area contributed by atoms with Gasteiger partial charge >= 0.3 is 0 Å². The Bertz CT molecular complexity index is 1090. The lowest BCUT2D eigenvalue weighted by atomic mass is 10.0. The highest BCUT2D eigenvalue weighted by atomic mass is 16.3. The van der Waals surface area contributed by atoms with Gasteiger partial charge in [-0.3, -0.25) is 0 Å². The van der Waals surface area contributed by atoms with Crippen LogP contribution in [0.25, 0.3) is 22.0 Å². The molecule has 140 valence electrons. The molecule has 5 rings (SSSR count). The van der Waals surface area contributed by atoms with Crippen molar-refractivity contribution in [1.82, 2.24) is 15.3 Å². The maximum atomic E-state index is 5.37. The van der Waals surface area contributed by atoms with E-state index in [9.17, 15) is 0 Å². The Labute approximate surface area is 163 Å². The average molecular weight is 370 g/mol. The molecule has 0 amide bonds. The number of rotatable bonds is 7. The number of fused-ring (bicyclic) bond motifs is 1. The smallest absolute Gasteiger partial charge is 0.137 e. The molecule has 2 heterocycles. The van der Waals surface area contributed by atoms with Crippen molar-refractivity contribution in [2.24, 2.45) is 0 Å². The van der Waals surface area contributed by atoms with E-state index in [-0.39, 0.29) is 0 Å². The largest absolute Gasteiger partial charge is 0.468 e. The zero-order chi connectivity index (χ0) is 18.8. The normalized spacial score (nSPS) is 13.7. The maximum Gasteiger partial charge on any atom is 0.137 e. The van der Waals surface area contributed by atoms with Gasteiger partial charge in [-0.25, -0.2) is 9.97 Å². The number of nitrogens with zero attached hydrogens (tertiary/aromatic N) is 2. The summed E-state index contributed by atoms with van der Waals surface area (Å²) >= 11 is 0. The van der Waals surface area contributed by atoms with E-state index in [2.05, 4.69) is 63.1 Å². The summed E-state index contributed by atoms with van der Waals surface area (Å²) in [7, 11) is 0. The fourth-order valence-corrected chi connectivity index (χ4v) is 3.38. The molecule has 1 aliphatic rings. The van der Waals surface area contributed by atoms with E-state index in [1.165, 1.54) is 29.5 Å². The molecular weight excluding hydrogens is 348 g/mol. The van der Waals surface area contributed by atoms with Gasteiger partial charge in [0.15, 0.2) is 0 Å². The summed E-state index contributed by atoms with van der Waals surface area (Å²) in [6.45, 7) is 1.51. The van der Waals surface area contributed by atoms with Crippen molar-refractivity contribution in [1.29, 1.82) is 0 Å². The molecule has 2 N–H and O–H groups in total. The number of aromatic nitrogens is 2. The van der Waals surface area contributed by atoms with Gasteiger partial charge in [-0.2, -0.15) is 0 Å². The molecule has 1 saturated carbocycles. The van der Waals surface area contributed by atoms with Crippen LogP contribution in [-0.2, 0) is 13.1 Å². The first-order valence-corrected chi connectivity index (χ1v) is 9.69. The molecule has 2 aromatic heterocycles. The number of benzene rings is 2. The summed E-state index contributed by atoms with van der Waals surface area (Å²) in [5, 5.41) is 8.02. The van der Waals surface area contributed by atoms with Gasteiger partial charge in [0, 0.05) is 18.0 Å². The van der Waals surface area contributed by atoms with E-state index < -0.39 is 0 Å². The molecule has 0 aliphatic heterocycles. The third-order valence-corrected chi connectivity index (χ3v) is 5.02. The minimum absolute atomic E-state index is 0.560. The van der Waals surface area contributed by atoms with Gasteiger partial charge < -0.3 is 15.1 Å². The molecule has 1 aliphatic carbocycles. The predicted molar refractivity (Wildman–Crippen MR) is 111 cm³/mol. The predicted octanol–water partition coefficient (Wildman–Crippen LogP) is 4.75. The molecule has 5 nitrogen and oxygen atoms in total. The van der Waals surface area contributed by atoms with E-state index in [4.69, 9.17) is 4.42 Å². The van der Waals surface area contributed by atoms with Crippen LogP contribution in [0.2, 0.25) is 0 Å². The van der Waals surface area contributed by atoms with Crippen LogP contribution in [0, 0.1) is 0 Å². The van der Waals surface area contributed by atoms with E-state index in [1.807, 2.05) is 12.1 Å². The van der Waals surface area contributed by atoms with E-state index in [1.54, 1.807) is 12.6 Å². The molecule has 5 heteroatoms. The summed E-state index contributed by atoms with van der Waals surface area (Å²) in [4.78, 5) is 8.88. The number of anilines is 1. The first kappa shape index (κ1) is 17.0. The fourth-order valence-electron chi connectivity index (χ4n) is 3.38. The first-order chi connectivity index (χ1) is 13.8. The SMILES string of the molecule is c1cc(CNCc2ccco2)cc(-c2ccc3ncnc(NC4CC4)c3c2)c1. The van der Waals surface area contributed by atoms with Crippen LogP contribution < -0.4 is 10.6 Å². The van der Waals surface area contributed by atoms with Crippen molar-refractivity contribution in [3.05, 3.63) is 78.5 Å². The van der Waals surface area contributed by atoms with E-state index >= 15 is 0 Å². The van der Waals surface area contributed by atoms with Crippen molar-refractivity contribution in [2.45, 2.75) is 32.0 Å². The molecule has 0 saturated heterocycles. The molecule has 2 aromatic carbocycles. The quantitative estimate of drug-likeness (QED) is 0.491. The molecule has 0 radical (unpaired) electrons. The topological polar surface area (TPSA) is 63.0 Å². The Balaban J connectivity index is 1.38. The van der Waals surface area contributed by atoms with Gasteiger partial charge in [-0.05, 0) is 59.9 Å². The fraction of sp³-hybridized carbons (Fsp3) is 0.217. The Hall–Kier alpha value is -3.18. The maximum absolute atomic E-state index is 5.37. The summed E-state index contributed by atoms with van der Waals surface area (Å²) in [6.07, 6.45) is 5.78. The second-order valence-corrected chi connectivity index (χ2v) is 7.26. The lowest BCUT2D eigenvalue weighted by Gasteiger charge is -2.10. The third kappa shape index (κ3) is 3.75. The van der Waals surface area contributed by atoms with Gasteiger partial charge in [0.1, 0.15) is 17.9 Å². The van der Waals surface area contributed by atoms with Gasteiger partial charge in [0.25, 0.3) is 0 Å². The summed E-state index contributed by atoms with van der Waals surface area (Å²) in [5.41, 5.74) is 4.58. The van der Waals surface area contributed by atoms with Crippen molar-refractivity contribution in [3.63, 3.8) is 0 Å². The van der Waals surface area contributed by atoms with Gasteiger partial charge in [0.2, 0.25) is 0 Å². The molecule has 0 spiro atoms. The first-order valence-electron chi connectivity index (χ1n) is 9.69. The Kier molecular flexibility index (Phi) is 4.51. The molecule has 1 fully saturated rings. The highest BCUT2D eigenvalue weighted by Crippen LogP contribution is 2.30. The molecule has 0 atom stereocenters. The van der Waals surface area contributed by atoms with Crippen LogP contribution in [0.4, 0.5) is 5.82 Å². The number of hydrogen-bond donors (Lipinski definition) is 2. The number of hydrogen-bond acceptors (Lipinski definition) is 5. The summed E-state index contributed by atoms with van der Waals surface area (Å²) in [5.74, 6) is 1.88. The number of nitrogens with one attached hydrogen (secondary N) is 2. The minimum Gasteiger partial charge on any atom is -0.468 e. The monoisotopic (exact) mass is 370 g/mol. The van der Waals surface area contributed by atoms with Crippen LogP contribution in [-0.4, -0.2) is 16.0 Å². The zero-order valence-electron chi connectivity index (χ0n) is 15.6. The average Bonchev–Trinajstić information content (AvgIpc) is 3.40. The molecule has 0 unspecified atom stereocenters. The van der Waals surface area contributed by atoms with Gasteiger partial charge in [-0.15, -0.1) is 0 Å². The van der Waals surface area contributed by atoms with Crippen LogP contribution in [0.15, 0.2) is 71.6 Å². The van der Waals surface area contributed by atoms with Crippen LogP contribution in [0.1, 0.15) is 24.2 Å². The Morgan fingerprint density at radius 2 is 1.86 bits per heavy atom. The van der Waals surface area contributed by atoms with Gasteiger partial charge in [-0.1, -0.05) is 24.3 Å². The van der Waals surface area contributed by atoms with Crippen molar-refractivity contribution < 1.29 is 4.42 Å². The summed E-state index contributed by atoms with van der Waals surface area (Å²) in [6, 6.07) is 19.5. The lowest BCUT2D eigenvalue weighted by Crippen LogP contribution is -2.12. The van der Waals surface area contributed by atoms with Crippen LogP contribution >= 0.6 is 0 Å². The third-order valence-electron chi connectivity index (χ3n) is 5.02. The Morgan fingerprint density at radius 3 is 2.71 bits per heavy atom. The highest BCUT2D eigenvalue weighted by molar-refractivity contribution is 5.92. The molecular formula is C23H22N4O. The zero-order valence-corrected chi connectivity index (χ0v) is 15.6. The molecule has 0 bridgehead atoms. The molecule has 4 aromatic rings. The highest BCUT2D eigenvalue weighted by Gasteiger charge is 2.22. The second-order valence-electron chi connectivity index (χ2n) is 7.26. The van der Waals surface area contributed by atoms with Crippen molar-refractivity contribution in [2.75, 3.05) is 5.32 Å². The van der Waals surface area contributed by atoms with Crippen LogP contribution in [0.5, 0.6) is 0 Å². The van der Waals surface area contributed by atoms with Gasteiger partial charge in [0.05, 0.1) is 18.3 Å². The second kappa shape index (κ2) is 7.44. The molecule has 28 heavy (non-hydrogen) atoms. The van der Waals surface area contributed by atoms with Crippen molar-refractivity contribution >= 4 is 16.7 Å². The number of furan rings is 1. The lowest BCUT2D eigenvalue weighted by molar-refractivity contribution is 0.483. The van der Waals surface area contributed by atoms with Crippen LogP contribution in [0.3, 0.4) is 0 Å². The standard InChI is InChI=1S/C23H22N4O/c1-3-16(13-24-14-20-5-2-10-28-20)11-17(4-1)18-6-9-22-21(12-18)23(26-15-25-22)27-19-7-8-19/h1-6,9-12,15,19,24H,7-8,13-14H2,(H,25,26,27).